The van der Waals surface area contributed by atoms with Crippen LogP contribution in [0.1, 0.15) is 50.2 Å². The molecule has 0 bridgehead atoms. The lowest BCUT2D eigenvalue weighted by Crippen LogP contribution is -2.41. The van der Waals surface area contributed by atoms with Gasteiger partial charge in [-0.25, -0.2) is 0 Å². The van der Waals surface area contributed by atoms with Gasteiger partial charge in [0.1, 0.15) is 12.3 Å². The quantitative estimate of drug-likeness (QED) is 0.317. The summed E-state index contributed by atoms with van der Waals surface area (Å²) in [5, 5.41) is 4.26. The molecule has 2 fully saturated rings. The highest BCUT2D eigenvalue weighted by molar-refractivity contribution is 9.10. The maximum atomic E-state index is 13.1. The van der Waals surface area contributed by atoms with Gasteiger partial charge in [-0.15, -0.1) is 0 Å². The Balaban J connectivity index is 1.56. The van der Waals surface area contributed by atoms with Crippen LogP contribution in [-0.2, 0) is 11.4 Å². The molecule has 174 valence electrons. The molecular formula is C25H26BrClN2O3S. The highest BCUT2D eigenvalue weighted by Crippen LogP contribution is 2.38. The molecule has 1 heterocycles. The number of ether oxygens (including phenoxy) is 2. The molecule has 33 heavy (non-hydrogen) atoms. The van der Waals surface area contributed by atoms with E-state index in [0.717, 1.165) is 41.3 Å². The first-order valence-corrected chi connectivity index (χ1v) is 12.7. The van der Waals surface area contributed by atoms with Crippen molar-refractivity contribution in [2.24, 2.45) is 0 Å². The van der Waals surface area contributed by atoms with Crippen molar-refractivity contribution in [2.45, 2.75) is 51.7 Å². The van der Waals surface area contributed by atoms with Gasteiger partial charge in [0.15, 0.2) is 16.6 Å². The van der Waals surface area contributed by atoms with Gasteiger partial charge in [0.25, 0.3) is 5.91 Å². The lowest BCUT2D eigenvalue weighted by molar-refractivity contribution is -0.124. The first kappa shape index (κ1) is 24.0. The molecule has 4 rings (SSSR count). The molecule has 0 spiro atoms. The Morgan fingerprint density at radius 3 is 2.73 bits per heavy atom. The summed E-state index contributed by atoms with van der Waals surface area (Å²) in [5.74, 6) is 1.13. The van der Waals surface area contributed by atoms with Crippen LogP contribution in [0, 0.1) is 0 Å². The summed E-state index contributed by atoms with van der Waals surface area (Å²) < 4.78 is 12.6. The first-order chi connectivity index (χ1) is 16.0. The highest BCUT2D eigenvalue weighted by atomic mass is 79.9. The molecule has 8 heteroatoms. The molecule has 5 nitrogen and oxygen atoms in total. The van der Waals surface area contributed by atoms with Crippen molar-refractivity contribution in [1.29, 1.82) is 0 Å². The van der Waals surface area contributed by atoms with Crippen molar-refractivity contribution in [1.82, 2.24) is 10.2 Å². The van der Waals surface area contributed by atoms with E-state index in [1.165, 1.54) is 6.42 Å². The molecule has 0 radical (unpaired) electrons. The minimum atomic E-state index is -0.0673. The summed E-state index contributed by atoms with van der Waals surface area (Å²) in [4.78, 5) is 14.8. The molecule has 2 aromatic rings. The number of hydrogen-bond donors (Lipinski definition) is 1. The van der Waals surface area contributed by atoms with Gasteiger partial charge in [0.05, 0.1) is 11.1 Å². The van der Waals surface area contributed by atoms with E-state index in [9.17, 15) is 4.79 Å². The van der Waals surface area contributed by atoms with E-state index < -0.39 is 0 Å². The van der Waals surface area contributed by atoms with Crippen LogP contribution in [0.4, 0.5) is 0 Å². The van der Waals surface area contributed by atoms with Crippen molar-refractivity contribution in [2.75, 3.05) is 6.61 Å². The molecule has 1 amide bonds. The second-order valence-electron chi connectivity index (χ2n) is 8.14. The molecule has 0 aromatic heterocycles. The fourth-order valence-corrected chi connectivity index (χ4v) is 5.37. The van der Waals surface area contributed by atoms with Crippen LogP contribution in [0.2, 0.25) is 5.02 Å². The lowest BCUT2D eigenvalue weighted by atomic mass is 9.94. The molecular weight excluding hydrogens is 524 g/mol. The first-order valence-electron chi connectivity index (χ1n) is 11.2. The minimum absolute atomic E-state index is 0.0673. The second kappa shape index (κ2) is 10.9. The molecule has 1 saturated heterocycles. The predicted octanol–water partition coefficient (Wildman–Crippen LogP) is 6.47. The summed E-state index contributed by atoms with van der Waals surface area (Å²) in [6, 6.07) is 11.5. The van der Waals surface area contributed by atoms with E-state index in [0.29, 0.717) is 40.5 Å². The van der Waals surface area contributed by atoms with E-state index in [2.05, 4.69) is 21.2 Å². The van der Waals surface area contributed by atoms with Gasteiger partial charge in [-0.3, -0.25) is 9.69 Å². The lowest BCUT2D eigenvalue weighted by Gasteiger charge is -2.29. The number of thiocarbonyl (C=S) groups is 1. The Kier molecular flexibility index (Phi) is 7.94. The van der Waals surface area contributed by atoms with Gasteiger partial charge in [0, 0.05) is 11.1 Å². The zero-order valence-electron chi connectivity index (χ0n) is 18.4. The normalized spacial score (nSPS) is 18.0. The van der Waals surface area contributed by atoms with Crippen molar-refractivity contribution < 1.29 is 14.3 Å². The van der Waals surface area contributed by atoms with Crippen LogP contribution >= 0.6 is 39.7 Å². The van der Waals surface area contributed by atoms with E-state index in [-0.39, 0.29) is 11.9 Å². The SMILES string of the molecule is CCOc1cc(/C=C2\NC(=S)N(C3CCCCC3)C2=O)cc(Br)c1OCc1cccc(Cl)c1. The van der Waals surface area contributed by atoms with Crippen LogP contribution in [-0.4, -0.2) is 28.6 Å². The average Bonchev–Trinajstić information content (AvgIpc) is 3.06. The zero-order chi connectivity index (χ0) is 23.4. The number of halogens is 2. The molecule has 0 unspecified atom stereocenters. The van der Waals surface area contributed by atoms with Gasteiger partial charge in [-0.1, -0.05) is 43.0 Å². The maximum Gasteiger partial charge on any atom is 0.276 e. The summed E-state index contributed by atoms with van der Waals surface area (Å²) in [5.41, 5.74) is 2.25. The van der Waals surface area contributed by atoms with Gasteiger partial charge in [-0.05, 0) is 89.4 Å². The number of nitrogens with zero attached hydrogens (tertiary/aromatic N) is 1. The van der Waals surface area contributed by atoms with Gasteiger partial charge < -0.3 is 14.8 Å². The monoisotopic (exact) mass is 548 g/mol. The highest BCUT2D eigenvalue weighted by Gasteiger charge is 2.36. The van der Waals surface area contributed by atoms with Crippen LogP contribution < -0.4 is 14.8 Å². The molecule has 0 atom stereocenters. The Bertz CT molecular complexity index is 1090. The second-order valence-corrected chi connectivity index (χ2v) is 9.81. The summed E-state index contributed by atoms with van der Waals surface area (Å²) >= 11 is 15.2. The van der Waals surface area contributed by atoms with Crippen molar-refractivity contribution in [3.63, 3.8) is 0 Å². The number of hydrogen-bond acceptors (Lipinski definition) is 4. The third kappa shape index (κ3) is 5.70. The molecule has 2 aromatic carbocycles. The number of carbonyl (C=O) groups is 1. The third-order valence-corrected chi connectivity index (χ3v) is 6.89. The minimum Gasteiger partial charge on any atom is -0.490 e. The fourth-order valence-electron chi connectivity index (χ4n) is 4.24. The summed E-state index contributed by atoms with van der Waals surface area (Å²) in [7, 11) is 0. The van der Waals surface area contributed by atoms with Crippen LogP contribution in [0.25, 0.3) is 6.08 Å². The molecule has 1 saturated carbocycles. The fraction of sp³-hybridized carbons (Fsp3) is 0.360. The summed E-state index contributed by atoms with van der Waals surface area (Å²) in [6.45, 7) is 2.75. The summed E-state index contributed by atoms with van der Waals surface area (Å²) in [6.07, 6.45) is 7.31. The number of carbonyl (C=O) groups excluding carboxylic acids is 1. The zero-order valence-corrected chi connectivity index (χ0v) is 21.6. The standard InChI is InChI=1S/C25H26BrClN2O3S/c1-2-31-22-14-17(12-20(26)23(22)32-15-16-7-6-8-18(27)11-16)13-21-24(30)29(25(33)28-21)19-9-4-3-5-10-19/h6-8,11-14,19H,2-5,9-10,15H2,1H3,(H,28,33)/b21-13-. The van der Waals surface area contributed by atoms with E-state index in [1.54, 1.807) is 4.90 Å². The van der Waals surface area contributed by atoms with Crippen molar-refractivity contribution >= 4 is 56.8 Å². The van der Waals surface area contributed by atoms with Gasteiger partial charge in [0.2, 0.25) is 0 Å². The number of rotatable bonds is 7. The molecule has 1 N–H and O–H groups in total. The average molecular weight is 550 g/mol. The Hall–Kier alpha value is -2.09. The molecule has 1 aliphatic carbocycles. The largest absolute Gasteiger partial charge is 0.490 e. The van der Waals surface area contributed by atoms with Crippen molar-refractivity contribution in [3.8, 4) is 11.5 Å². The maximum absolute atomic E-state index is 13.1. The van der Waals surface area contributed by atoms with Gasteiger partial charge >= 0.3 is 0 Å². The van der Waals surface area contributed by atoms with Gasteiger partial charge in [-0.2, -0.15) is 0 Å². The topological polar surface area (TPSA) is 50.8 Å². The smallest absolute Gasteiger partial charge is 0.276 e. The molecule has 2 aliphatic rings. The van der Waals surface area contributed by atoms with E-state index in [1.807, 2.05) is 49.4 Å². The van der Waals surface area contributed by atoms with Crippen LogP contribution in [0.5, 0.6) is 11.5 Å². The van der Waals surface area contributed by atoms with Crippen LogP contribution in [0.3, 0.4) is 0 Å². The van der Waals surface area contributed by atoms with Crippen LogP contribution in [0.15, 0.2) is 46.6 Å². The Labute approximate surface area is 213 Å². The van der Waals surface area contributed by atoms with E-state index >= 15 is 0 Å². The Morgan fingerprint density at radius 1 is 1.21 bits per heavy atom. The third-order valence-electron chi connectivity index (χ3n) is 5.76. The predicted molar refractivity (Wildman–Crippen MR) is 139 cm³/mol. The number of nitrogens with one attached hydrogen (secondary N) is 1. The molecule has 1 aliphatic heterocycles. The van der Waals surface area contributed by atoms with Crippen molar-refractivity contribution in [3.05, 3.63) is 62.7 Å². The van der Waals surface area contributed by atoms with E-state index in [4.69, 9.17) is 33.3 Å². The number of benzene rings is 2. The Morgan fingerprint density at radius 2 is 2.00 bits per heavy atom. The number of amides is 1.